The van der Waals surface area contributed by atoms with Gasteiger partial charge < -0.3 is 33.7 Å². The summed E-state index contributed by atoms with van der Waals surface area (Å²) in [5, 5.41) is 4.03. The number of nitrogens with zero attached hydrogens (tertiary/aromatic N) is 4. The molecule has 1 N–H and O–H groups in total. The highest BCUT2D eigenvalue weighted by molar-refractivity contribution is 6.88. The molecular formula is C27H39N5O5Si. The number of methoxy groups -OCH3 is 2. The number of likely N-dealkylation sites (N-methyl/N-ethyl adjacent to an activating group) is 1. The number of ether oxygens (including phenoxy) is 3. The van der Waals surface area contributed by atoms with Crippen LogP contribution in [0, 0.1) is 0 Å². The average Bonchev–Trinajstić information content (AvgIpc) is 3.34. The molecule has 0 unspecified atom stereocenters. The zero-order chi connectivity index (χ0) is 27.9. The Morgan fingerprint density at radius 3 is 2.26 bits per heavy atom. The normalized spacial score (nSPS) is 11.4. The van der Waals surface area contributed by atoms with Crippen LogP contribution in [0.15, 0.2) is 40.8 Å². The molecule has 0 spiro atoms. The van der Waals surface area contributed by atoms with Crippen LogP contribution in [0.1, 0.15) is 23.9 Å². The van der Waals surface area contributed by atoms with Crippen LogP contribution in [0.3, 0.4) is 0 Å². The molecule has 0 aliphatic heterocycles. The van der Waals surface area contributed by atoms with Crippen LogP contribution >= 0.6 is 0 Å². The number of carbonyl (C=O) groups is 1. The zero-order valence-electron chi connectivity index (χ0n) is 23.6. The lowest BCUT2D eigenvalue weighted by Crippen LogP contribution is -2.37. The molecule has 1 amide bonds. The first-order valence-corrected chi connectivity index (χ1v) is 16.1. The van der Waals surface area contributed by atoms with Crippen molar-refractivity contribution in [3.05, 3.63) is 42.2 Å². The van der Waals surface area contributed by atoms with E-state index in [0.29, 0.717) is 11.7 Å². The summed E-state index contributed by atoms with van der Waals surface area (Å²) in [6.45, 7) is 11.2. The first-order chi connectivity index (χ1) is 18.0. The van der Waals surface area contributed by atoms with Gasteiger partial charge in [0.1, 0.15) is 5.75 Å². The van der Waals surface area contributed by atoms with Crippen LogP contribution in [0.4, 0.5) is 11.6 Å². The zero-order valence-corrected chi connectivity index (χ0v) is 24.6. The van der Waals surface area contributed by atoms with Crippen molar-refractivity contribution < 1.29 is 23.4 Å². The molecule has 0 aliphatic carbocycles. The molecule has 1 aromatic carbocycles. The molecule has 0 aliphatic rings. The lowest BCUT2D eigenvalue weighted by molar-refractivity contribution is 0.0990. The fourth-order valence-corrected chi connectivity index (χ4v) is 4.84. The molecular weight excluding hydrogens is 502 g/mol. The van der Waals surface area contributed by atoms with Crippen molar-refractivity contribution in [2.24, 2.45) is 0 Å². The molecule has 2 heterocycles. The van der Waals surface area contributed by atoms with Gasteiger partial charge in [-0.3, -0.25) is 4.79 Å². The predicted molar refractivity (Wildman–Crippen MR) is 152 cm³/mol. The third kappa shape index (κ3) is 7.48. The van der Waals surface area contributed by atoms with Crippen molar-refractivity contribution in [2.75, 3.05) is 58.2 Å². The summed E-state index contributed by atoms with van der Waals surface area (Å²) in [6.07, 6.45) is 0.922. The lowest BCUT2D eigenvalue weighted by atomic mass is 10.3. The number of aromatic nitrogens is 2. The van der Waals surface area contributed by atoms with Crippen molar-refractivity contribution in [1.29, 1.82) is 0 Å². The van der Waals surface area contributed by atoms with Gasteiger partial charge in [0.25, 0.3) is 11.9 Å². The Balaban J connectivity index is 1.80. The monoisotopic (exact) mass is 541 g/mol. The summed E-state index contributed by atoms with van der Waals surface area (Å²) in [5.41, 5.74) is 0.217. The molecule has 0 radical (unpaired) electrons. The van der Waals surface area contributed by atoms with Gasteiger partial charge in [-0.15, -0.1) is 0 Å². The molecule has 10 nitrogen and oxygen atoms in total. The standard InChI is InChI=1S/C27H39N5O5Si/c1-9-15-32(17-16-31(2)3)27-29-25(34-4)23(26(30-27)35-5)28-24(33)21-13-14-22(37-21)36-19-11-10-12-20(18-19)38(6,7)8/h10-14,18H,9,15-17H2,1-8H3,(H,28,33). The summed E-state index contributed by atoms with van der Waals surface area (Å²) in [4.78, 5) is 26.3. The van der Waals surface area contributed by atoms with Crippen molar-refractivity contribution in [2.45, 2.75) is 33.0 Å². The van der Waals surface area contributed by atoms with Crippen molar-refractivity contribution >= 4 is 30.8 Å². The highest BCUT2D eigenvalue weighted by Gasteiger charge is 2.23. The molecule has 0 saturated carbocycles. The van der Waals surface area contributed by atoms with E-state index in [4.69, 9.17) is 18.6 Å². The fraction of sp³-hybridized carbons (Fsp3) is 0.444. The second-order valence-electron chi connectivity index (χ2n) is 10.2. The molecule has 3 aromatic rings. The number of benzene rings is 1. The van der Waals surface area contributed by atoms with E-state index in [0.717, 1.165) is 26.1 Å². The Morgan fingerprint density at radius 1 is 1.00 bits per heavy atom. The molecule has 11 heteroatoms. The summed E-state index contributed by atoms with van der Waals surface area (Å²) in [5.74, 6) is 1.27. The minimum atomic E-state index is -1.50. The molecule has 0 bridgehead atoms. The Morgan fingerprint density at radius 2 is 1.68 bits per heavy atom. The van der Waals surface area contributed by atoms with Crippen LogP contribution in [-0.2, 0) is 0 Å². The van der Waals surface area contributed by atoms with E-state index in [-0.39, 0.29) is 29.2 Å². The Hall–Kier alpha value is -3.57. The Kier molecular flexibility index (Phi) is 9.76. The molecule has 0 atom stereocenters. The Labute approximate surface area is 225 Å². The van der Waals surface area contributed by atoms with E-state index < -0.39 is 14.0 Å². The van der Waals surface area contributed by atoms with E-state index in [9.17, 15) is 4.79 Å². The quantitative estimate of drug-likeness (QED) is 0.314. The topological polar surface area (TPSA) is 102 Å². The second-order valence-corrected chi connectivity index (χ2v) is 15.2. The van der Waals surface area contributed by atoms with Gasteiger partial charge in [-0.2, -0.15) is 9.97 Å². The van der Waals surface area contributed by atoms with E-state index in [1.54, 1.807) is 12.1 Å². The summed E-state index contributed by atoms with van der Waals surface area (Å²) >= 11 is 0. The van der Waals surface area contributed by atoms with E-state index in [1.165, 1.54) is 19.4 Å². The van der Waals surface area contributed by atoms with Crippen molar-refractivity contribution in [3.8, 4) is 23.5 Å². The van der Waals surface area contributed by atoms with Crippen molar-refractivity contribution in [3.63, 3.8) is 0 Å². The number of anilines is 2. The highest BCUT2D eigenvalue weighted by atomic mass is 28.3. The first-order valence-electron chi connectivity index (χ1n) is 12.6. The maximum Gasteiger partial charge on any atom is 0.291 e. The number of carbonyl (C=O) groups excluding carboxylic acids is 1. The van der Waals surface area contributed by atoms with Gasteiger partial charge in [-0.1, -0.05) is 43.9 Å². The lowest BCUT2D eigenvalue weighted by Gasteiger charge is -2.25. The number of rotatable bonds is 13. The second kappa shape index (κ2) is 12.8. The third-order valence-corrected chi connectivity index (χ3v) is 7.82. The summed E-state index contributed by atoms with van der Waals surface area (Å²) in [7, 11) is 5.50. The van der Waals surface area contributed by atoms with Gasteiger partial charge in [0.05, 0.1) is 22.3 Å². The molecule has 206 valence electrons. The summed E-state index contributed by atoms with van der Waals surface area (Å²) in [6, 6.07) is 11.1. The van der Waals surface area contributed by atoms with Gasteiger partial charge in [-0.25, -0.2) is 0 Å². The molecule has 38 heavy (non-hydrogen) atoms. The maximum absolute atomic E-state index is 13.1. The van der Waals surface area contributed by atoms with Gasteiger partial charge >= 0.3 is 0 Å². The van der Waals surface area contributed by atoms with E-state index >= 15 is 0 Å². The third-order valence-electron chi connectivity index (χ3n) is 5.77. The fourth-order valence-electron chi connectivity index (χ4n) is 3.67. The number of hydrogen-bond acceptors (Lipinski definition) is 9. The van der Waals surface area contributed by atoms with Crippen LogP contribution in [-0.4, -0.2) is 76.8 Å². The van der Waals surface area contributed by atoms with Gasteiger partial charge in [-0.05, 0) is 38.7 Å². The number of nitrogens with one attached hydrogen (secondary N) is 1. The summed E-state index contributed by atoms with van der Waals surface area (Å²) < 4.78 is 22.6. The molecule has 0 saturated heterocycles. The predicted octanol–water partition coefficient (Wildman–Crippen LogP) is 4.45. The van der Waals surface area contributed by atoms with Crippen LogP contribution in [0.25, 0.3) is 0 Å². The average molecular weight is 542 g/mol. The Bertz CT molecular complexity index is 1200. The minimum Gasteiger partial charge on any atom is -0.479 e. The SMILES string of the molecule is CCCN(CCN(C)C)c1nc(OC)c(NC(=O)c2ccc(Oc3cccc([Si](C)(C)C)c3)o2)c(OC)n1. The molecule has 0 fully saturated rings. The van der Waals surface area contributed by atoms with E-state index in [2.05, 4.69) is 57.7 Å². The van der Waals surface area contributed by atoms with Gasteiger partial charge in [0.15, 0.2) is 11.4 Å². The number of amides is 1. The van der Waals surface area contributed by atoms with Crippen molar-refractivity contribution in [1.82, 2.24) is 14.9 Å². The molecule has 3 rings (SSSR count). The molecule has 2 aromatic heterocycles. The largest absolute Gasteiger partial charge is 0.479 e. The minimum absolute atomic E-state index is 0.0631. The van der Waals surface area contributed by atoms with Crippen LogP contribution in [0.2, 0.25) is 19.6 Å². The van der Waals surface area contributed by atoms with Gasteiger partial charge in [0.2, 0.25) is 17.7 Å². The van der Waals surface area contributed by atoms with Gasteiger partial charge in [0, 0.05) is 25.7 Å². The van der Waals surface area contributed by atoms with Crippen LogP contribution in [0.5, 0.6) is 23.5 Å². The first kappa shape index (κ1) is 29.0. The van der Waals surface area contributed by atoms with Crippen LogP contribution < -0.4 is 29.6 Å². The number of furan rings is 1. The number of hydrogen-bond donors (Lipinski definition) is 1. The van der Waals surface area contributed by atoms with E-state index in [1.807, 2.05) is 32.3 Å². The maximum atomic E-state index is 13.1. The smallest absolute Gasteiger partial charge is 0.291 e. The highest BCUT2D eigenvalue weighted by Crippen LogP contribution is 2.34.